The van der Waals surface area contributed by atoms with E-state index < -0.39 is 18.0 Å². The molecule has 1 saturated heterocycles. The van der Waals surface area contributed by atoms with E-state index in [-0.39, 0.29) is 5.91 Å². The van der Waals surface area contributed by atoms with Gasteiger partial charge in [0.1, 0.15) is 6.04 Å². The Balaban J connectivity index is 2.01. The number of nitrogens with zero attached hydrogens (tertiary/aromatic N) is 1. The fraction of sp³-hybridized carbons (Fsp3) is 0.429. The third kappa shape index (κ3) is 3.12. The van der Waals surface area contributed by atoms with Gasteiger partial charge in [-0.15, -0.1) is 0 Å². The van der Waals surface area contributed by atoms with Gasteiger partial charge in [-0.1, -0.05) is 30.3 Å². The highest BCUT2D eigenvalue weighted by Crippen LogP contribution is 2.18. The first-order valence-corrected chi connectivity index (χ1v) is 6.49. The molecule has 5 heteroatoms. The lowest BCUT2D eigenvalue weighted by atomic mass is 10.1. The molecule has 1 unspecified atom stereocenters. The molecule has 0 aliphatic carbocycles. The van der Waals surface area contributed by atoms with E-state index in [4.69, 9.17) is 11.5 Å². The molecule has 2 amide bonds. The zero-order valence-corrected chi connectivity index (χ0v) is 10.8. The molecule has 1 heterocycles. The Morgan fingerprint density at radius 3 is 2.63 bits per heavy atom. The van der Waals surface area contributed by atoms with Crippen molar-refractivity contribution in [1.82, 2.24) is 4.90 Å². The second-order valence-electron chi connectivity index (χ2n) is 4.89. The largest absolute Gasteiger partial charge is 0.368 e. The number of nitrogens with two attached hydrogens (primary N) is 2. The van der Waals surface area contributed by atoms with Crippen molar-refractivity contribution in [1.29, 1.82) is 0 Å². The summed E-state index contributed by atoms with van der Waals surface area (Å²) in [6.45, 7) is 0.564. The minimum absolute atomic E-state index is 0.190. The van der Waals surface area contributed by atoms with E-state index in [2.05, 4.69) is 0 Å². The van der Waals surface area contributed by atoms with Crippen LogP contribution < -0.4 is 11.5 Å². The van der Waals surface area contributed by atoms with Crippen molar-refractivity contribution in [3.8, 4) is 0 Å². The van der Waals surface area contributed by atoms with Crippen molar-refractivity contribution in [2.24, 2.45) is 11.5 Å². The molecule has 1 fully saturated rings. The van der Waals surface area contributed by atoms with E-state index in [1.807, 2.05) is 30.3 Å². The number of hydrogen-bond acceptors (Lipinski definition) is 3. The van der Waals surface area contributed by atoms with Crippen LogP contribution in [0.2, 0.25) is 0 Å². The SMILES string of the molecule is NC(=O)C1CCCN1C(=O)[C@H](N)Cc1ccccc1. The van der Waals surface area contributed by atoms with Crippen molar-refractivity contribution in [2.75, 3.05) is 6.54 Å². The van der Waals surface area contributed by atoms with Crippen molar-refractivity contribution in [3.63, 3.8) is 0 Å². The van der Waals surface area contributed by atoms with Gasteiger partial charge in [-0.25, -0.2) is 0 Å². The zero-order chi connectivity index (χ0) is 13.8. The average Bonchev–Trinajstić information content (AvgIpc) is 2.88. The monoisotopic (exact) mass is 261 g/mol. The van der Waals surface area contributed by atoms with Crippen molar-refractivity contribution >= 4 is 11.8 Å². The molecule has 0 bridgehead atoms. The Kier molecular flexibility index (Phi) is 4.16. The normalized spacial score (nSPS) is 20.3. The molecule has 2 atom stereocenters. The first-order chi connectivity index (χ1) is 9.09. The first kappa shape index (κ1) is 13.5. The lowest BCUT2D eigenvalue weighted by Crippen LogP contribution is -2.50. The van der Waals surface area contributed by atoms with Gasteiger partial charge >= 0.3 is 0 Å². The van der Waals surface area contributed by atoms with E-state index >= 15 is 0 Å². The number of benzene rings is 1. The molecule has 2 rings (SSSR count). The number of primary amides is 1. The number of carbonyl (C=O) groups excluding carboxylic acids is 2. The molecule has 5 nitrogen and oxygen atoms in total. The van der Waals surface area contributed by atoms with Gasteiger partial charge in [-0.2, -0.15) is 0 Å². The minimum atomic E-state index is -0.623. The van der Waals surface area contributed by atoms with E-state index in [1.165, 1.54) is 4.90 Å². The number of amides is 2. The Morgan fingerprint density at radius 2 is 2.00 bits per heavy atom. The predicted molar refractivity (Wildman–Crippen MR) is 72.1 cm³/mol. The molecular weight excluding hydrogens is 242 g/mol. The zero-order valence-electron chi connectivity index (χ0n) is 10.8. The van der Waals surface area contributed by atoms with Crippen LogP contribution in [0.4, 0.5) is 0 Å². The lowest BCUT2D eigenvalue weighted by Gasteiger charge is -2.25. The summed E-state index contributed by atoms with van der Waals surface area (Å²) in [5, 5.41) is 0. The van der Waals surface area contributed by atoms with Crippen LogP contribution >= 0.6 is 0 Å². The van der Waals surface area contributed by atoms with Gasteiger partial charge in [0, 0.05) is 6.54 Å². The van der Waals surface area contributed by atoms with Gasteiger partial charge in [-0.3, -0.25) is 9.59 Å². The Hall–Kier alpha value is -1.88. The number of likely N-dealkylation sites (tertiary alicyclic amines) is 1. The second kappa shape index (κ2) is 5.84. The van der Waals surface area contributed by atoms with Crippen molar-refractivity contribution < 1.29 is 9.59 Å². The predicted octanol–water partition coefficient (Wildman–Crippen LogP) is 0.0327. The fourth-order valence-corrected chi connectivity index (χ4v) is 2.49. The van der Waals surface area contributed by atoms with E-state index in [0.717, 1.165) is 12.0 Å². The van der Waals surface area contributed by atoms with Gasteiger partial charge in [0.05, 0.1) is 6.04 Å². The molecule has 0 saturated carbocycles. The van der Waals surface area contributed by atoms with Gasteiger partial charge < -0.3 is 16.4 Å². The summed E-state index contributed by atoms with van der Waals surface area (Å²) in [6, 6.07) is 8.49. The van der Waals surface area contributed by atoms with Gasteiger partial charge in [0.2, 0.25) is 11.8 Å². The summed E-state index contributed by atoms with van der Waals surface area (Å²) < 4.78 is 0. The summed E-state index contributed by atoms with van der Waals surface area (Å²) in [7, 11) is 0. The van der Waals surface area contributed by atoms with Crippen LogP contribution in [0.25, 0.3) is 0 Å². The maximum Gasteiger partial charge on any atom is 0.240 e. The van der Waals surface area contributed by atoms with Crippen LogP contribution in [0.5, 0.6) is 0 Å². The molecule has 102 valence electrons. The molecule has 0 aromatic heterocycles. The first-order valence-electron chi connectivity index (χ1n) is 6.49. The van der Waals surface area contributed by atoms with E-state index in [9.17, 15) is 9.59 Å². The standard InChI is InChI=1S/C14H19N3O2/c15-11(9-10-5-2-1-3-6-10)14(19)17-8-4-7-12(17)13(16)18/h1-3,5-6,11-12H,4,7-9,15H2,(H2,16,18)/t11-,12?/m1/s1. The maximum absolute atomic E-state index is 12.3. The second-order valence-corrected chi connectivity index (χ2v) is 4.89. The molecule has 1 aromatic carbocycles. The Bertz CT molecular complexity index is 461. The van der Waals surface area contributed by atoms with Crippen LogP contribution in [0.3, 0.4) is 0 Å². The molecule has 19 heavy (non-hydrogen) atoms. The molecular formula is C14H19N3O2. The van der Waals surface area contributed by atoms with Gasteiger partial charge in [0.15, 0.2) is 0 Å². The third-order valence-corrected chi connectivity index (χ3v) is 3.48. The highest BCUT2D eigenvalue weighted by atomic mass is 16.2. The highest BCUT2D eigenvalue weighted by molar-refractivity contribution is 5.89. The van der Waals surface area contributed by atoms with Crippen LogP contribution in [0, 0.1) is 0 Å². The summed E-state index contributed by atoms with van der Waals surface area (Å²) in [6.07, 6.45) is 1.91. The fourth-order valence-electron chi connectivity index (χ4n) is 2.49. The third-order valence-electron chi connectivity index (χ3n) is 3.48. The van der Waals surface area contributed by atoms with Crippen molar-refractivity contribution in [3.05, 3.63) is 35.9 Å². The number of rotatable bonds is 4. The quantitative estimate of drug-likeness (QED) is 0.801. The van der Waals surface area contributed by atoms with Crippen LogP contribution in [-0.2, 0) is 16.0 Å². The maximum atomic E-state index is 12.3. The summed E-state index contributed by atoms with van der Waals surface area (Å²) >= 11 is 0. The number of carbonyl (C=O) groups is 2. The van der Waals surface area contributed by atoms with Gasteiger partial charge in [0.25, 0.3) is 0 Å². The Labute approximate surface area is 112 Å². The smallest absolute Gasteiger partial charge is 0.240 e. The molecule has 4 N–H and O–H groups in total. The summed E-state index contributed by atoms with van der Waals surface area (Å²) in [5.41, 5.74) is 12.3. The number of hydrogen-bond donors (Lipinski definition) is 2. The highest BCUT2D eigenvalue weighted by Gasteiger charge is 2.34. The minimum Gasteiger partial charge on any atom is -0.368 e. The molecule has 0 radical (unpaired) electrons. The molecule has 1 aliphatic heterocycles. The average molecular weight is 261 g/mol. The van der Waals surface area contributed by atoms with E-state index in [0.29, 0.717) is 19.4 Å². The van der Waals surface area contributed by atoms with Crippen LogP contribution in [-0.4, -0.2) is 35.3 Å². The molecule has 0 spiro atoms. The van der Waals surface area contributed by atoms with Gasteiger partial charge in [-0.05, 0) is 24.8 Å². The summed E-state index contributed by atoms with van der Waals surface area (Å²) in [5.74, 6) is -0.636. The van der Waals surface area contributed by atoms with E-state index in [1.54, 1.807) is 0 Å². The molecule has 1 aliphatic rings. The lowest BCUT2D eigenvalue weighted by molar-refractivity contribution is -0.138. The van der Waals surface area contributed by atoms with Crippen LogP contribution in [0.1, 0.15) is 18.4 Å². The van der Waals surface area contributed by atoms with Crippen molar-refractivity contribution in [2.45, 2.75) is 31.3 Å². The van der Waals surface area contributed by atoms with Crippen LogP contribution in [0.15, 0.2) is 30.3 Å². The topological polar surface area (TPSA) is 89.4 Å². The molecule has 1 aromatic rings. The summed E-state index contributed by atoms with van der Waals surface area (Å²) in [4.78, 5) is 25.1. The Morgan fingerprint density at radius 1 is 1.32 bits per heavy atom.